The summed E-state index contributed by atoms with van der Waals surface area (Å²) in [6, 6.07) is 0. The van der Waals surface area contributed by atoms with Crippen LogP contribution >= 0.6 is 0 Å². The number of rotatable bonds is 2. The van der Waals surface area contributed by atoms with E-state index in [4.69, 9.17) is 4.52 Å². The van der Waals surface area contributed by atoms with Crippen molar-refractivity contribution in [3.05, 3.63) is 17.0 Å². The van der Waals surface area contributed by atoms with Crippen LogP contribution in [0.4, 0.5) is 0 Å². The molecule has 1 aromatic heterocycles. The monoisotopic (exact) mass is 223 g/mol. The van der Waals surface area contributed by atoms with Crippen LogP contribution in [-0.4, -0.2) is 5.16 Å². The van der Waals surface area contributed by atoms with E-state index in [1.807, 2.05) is 20.8 Å². The van der Waals surface area contributed by atoms with Gasteiger partial charge in [-0.15, -0.1) is 0 Å². The van der Waals surface area contributed by atoms with Crippen LogP contribution in [0.5, 0.6) is 0 Å². The molecule has 0 N–H and O–H groups in total. The Bertz CT molecular complexity index is 298. The van der Waals surface area contributed by atoms with E-state index in [0.717, 1.165) is 12.2 Å². The van der Waals surface area contributed by atoms with Gasteiger partial charge in [0.15, 0.2) is 0 Å². The molecule has 0 saturated heterocycles. The van der Waals surface area contributed by atoms with E-state index >= 15 is 0 Å². The average molecular weight is 223 g/mol. The highest BCUT2D eigenvalue weighted by Crippen LogP contribution is 2.34. The van der Waals surface area contributed by atoms with Gasteiger partial charge < -0.3 is 4.52 Å². The van der Waals surface area contributed by atoms with Gasteiger partial charge in [0, 0.05) is 11.5 Å². The van der Waals surface area contributed by atoms with Crippen LogP contribution in [-0.2, 0) is 6.42 Å². The molecule has 0 unspecified atom stereocenters. The first kappa shape index (κ1) is 13.3. The van der Waals surface area contributed by atoms with E-state index in [0.29, 0.717) is 5.92 Å². The quantitative estimate of drug-likeness (QED) is 0.731. The van der Waals surface area contributed by atoms with E-state index < -0.39 is 0 Å². The standard InChI is InChI=1S/C12H19NO.C2H6/c1-3-11-9(2)14-13-12(11)10-7-5-4-6-8-10;1-2/h10H,3-8H2,1-2H3;1-2H3. The van der Waals surface area contributed by atoms with Crippen molar-refractivity contribution in [3.63, 3.8) is 0 Å². The Labute approximate surface area is 99.4 Å². The molecule has 1 aliphatic rings. The van der Waals surface area contributed by atoms with Crippen molar-refractivity contribution >= 4 is 0 Å². The molecule has 1 aromatic rings. The largest absolute Gasteiger partial charge is 0.361 e. The molecule has 0 aromatic carbocycles. The average Bonchev–Trinajstić information content (AvgIpc) is 2.74. The number of hydrogen-bond acceptors (Lipinski definition) is 2. The van der Waals surface area contributed by atoms with Crippen molar-refractivity contribution in [2.45, 2.75) is 72.1 Å². The zero-order valence-corrected chi connectivity index (χ0v) is 11.2. The first-order valence-corrected chi connectivity index (χ1v) is 6.78. The zero-order chi connectivity index (χ0) is 12.0. The predicted molar refractivity (Wildman–Crippen MR) is 67.8 cm³/mol. The van der Waals surface area contributed by atoms with Crippen LogP contribution < -0.4 is 0 Å². The maximum Gasteiger partial charge on any atom is 0.137 e. The van der Waals surface area contributed by atoms with E-state index in [9.17, 15) is 0 Å². The van der Waals surface area contributed by atoms with Crippen LogP contribution in [0.2, 0.25) is 0 Å². The molecule has 0 spiro atoms. The van der Waals surface area contributed by atoms with E-state index in [1.54, 1.807) is 0 Å². The molecule has 0 bridgehead atoms. The third kappa shape index (κ3) is 2.87. The fourth-order valence-corrected chi connectivity index (χ4v) is 2.54. The maximum atomic E-state index is 5.29. The molecule has 2 rings (SSSR count). The lowest BCUT2D eigenvalue weighted by atomic mass is 9.85. The number of aryl methyl sites for hydroxylation is 1. The summed E-state index contributed by atoms with van der Waals surface area (Å²) >= 11 is 0. The summed E-state index contributed by atoms with van der Waals surface area (Å²) in [6.45, 7) is 8.21. The Kier molecular flexibility index (Phi) is 5.58. The van der Waals surface area contributed by atoms with Crippen molar-refractivity contribution in [2.75, 3.05) is 0 Å². The molecule has 0 amide bonds. The van der Waals surface area contributed by atoms with E-state index in [1.165, 1.54) is 43.4 Å². The number of hydrogen-bond donors (Lipinski definition) is 0. The molecular weight excluding hydrogens is 198 g/mol. The Balaban J connectivity index is 0.000000606. The Morgan fingerprint density at radius 2 is 1.81 bits per heavy atom. The highest BCUT2D eigenvalue weighted by atomic mass is 16.5. The fourth-order valence-electron chi connectivity index (χ4n) is 2.54. The van der Waals surface area contributed by atoms with Gasteiger partial charge in [-0.1, -0.05) is 45.2 Å². The topological polar surface area (TPSA) is 26.0 Å². The van der Waals surface area contributed by atoms with Crippen LogP contribution in [0.3, 0.4) is 0 Å². The molecule has 0 atom stereocenters. The molecule has 1 saturated carbocycles. The highest BCUT2D eigenvalue weighted by molar-refractivity contribution is 5.25. The van der Waals surface area contributed by atoms with Gasteiger partial charge in [0.2, 0.25) is 0 Å². The second-order valence-electron chi connectivity index (χ2n) is 4.29. The smallest absolute Gasteiger partial charge is 0.137 e. The predicted octanol–water partition coefficient (Wildman–Crippen LogP) is 4.62. The van der Waals surface area contributed by atoms with E-state index in [2.05, 4.69) is 12.1 Å². The van der Waals surface area contributed by atoms with Crippen LogP contribution in [0, 0.1) is 6.92 Å². The summed E-state index contributed by atoms with van der Waals surface area (Å²) in [4.78, 5) is 0. The molecule has 2 nitrogen and oxygen atoms in total. The molecule has 1 aliphatic carbocycles. The molecule has 0 aliphatic heterocycles. The van der Waals surface area contributed by atoms with Crippen molar-refractivity contribution in [1.82, 2.24) is 5.16 Å². The zero-order valence-electron chi connectivity index (χ0n) is 11.2. The van der Waals surface area contributed by atoms with Gasteiger partial charge >= 0.3 is 0 Å². The highest BCUT2D eigenvalue weighted by Gasteiger charge is 2.22. The third-order valence-electron chi connectivity index (χ3n) is 3.36. The second-order valence-corrected chi connectivity index (χ2v) is 4.29. The van der Waals surface area contributed by atoms with Gasteiger partial charge in [-0.05, 0) is 26.2 Å². The first-order chi connectivity index (χ1) is 7.83. The van der Waals surface area contributed by atoms with E-state index in [-0.39, 0.29) is 0 Å². The summed E-state index contributed by atoms with van der Waals surface area (Å²) in [6.07, 6.45) is 7.79. The lowest BCUT2D eigenvalue weighted by Crippen LogP contribution is -2.07. The summed E-state index contributed by atoms with van der Waals surface area (Å²) in [5.74, 6) is 1.70. The number of nitrogens with zero attached hydrogens (tertiary/aromatic N) is 1. The van der Waals surface area contributed by atoms with Crippen molar-refractivity contribution in [2.24, 2.45) is 0 Å². The van der Waals surface area contributed by atoms with Gasteiger partial charge in [0.05, 0.1) is 5.69 Å². The van der Waals surface area contributed by atoms with Crippen molar-refractivity contribution in [1.29, 1.82) is 0 Å². The lowest BCUT2D eigenvalue weighted by molar-refractivity contribution is 0.367. The molecule has 0 radical (unpaired) electrons. The SMILES string of the molecule is CC.CCc1c(C2CCCCC2)noc1C. The van der Waals surface area contributed by atoms with Crippen LogP contribution in [0.15, 0.2) is 4.52 Å². The molecular formula is C14H25NO. The molecule has 2 heteroatoms. The lowest BCUT2D eigenvalue weighted by Gasteiger charge is -2.20. The van der Waals surface area contributed by atoms with Crippen LogP contribution in [0.25, 0.3) is 0 Å². The number of aromatic nitrogens is 1. The Hall–Kier alpha value is -0.790. The summed E-state index contributed by atoms with van der Waals surface area (Å²) in [7, 11) is 0. The van der Waals surface area contributed by atoms with Crippen molar-refractivity contribution in [3.8, 4) is 0 Å². The van der Waals surface area contributed by atoms with Crippen LogP contribution in [0.1, 0.15) is 75.8 Å². The Morgan fingerprint density at radius 1 is 1.19 bits per heavy atom. The molecule has 16 heavy (non-hydrogen) atoms. The van der Waals surface area contributed by atoms with Crippen molar-refractivity contribution < 1.29 is 4.52 Å². The van der Waals surface area contributed by atoms with Gasteiger partial charge in [-0.3, -0.25) is 0 Å². The minimum atomic E-state index is 0.677. The molecule has 92 valence electrons. The van der Waals surface area contributed by atoms with Gasteiger partial charge in [-0.25, -0.2) is 0 Å². The van der Waals surface area contributed by atoms with Gasteiger partial charge in [0.25, 0.3) is 0 Å². The molecule has 1 fully saturated rings. The Morgan fingerprint density at radius 3 is 2.38 bits per heavy atom. The summed E-state index contributed by atoms with van der Waals surface area (Å²) < 4.78 is 5.29. The fraction of sp³-hybridized carbons (Fsp3) is 0.786. The molecule has 1 heterocycles. The van der Waals surface area contributed by atoms with Gasteiger partial charge in [-0.2, -0.15) is 0 Å². The third-order valence-corrected chi connectivity index (χ3v) is 3.36. The second kappa shape index (κ2) is 6.72. The first-order valence-electron chi connectivity index (χ1n) is 6.78. The van der Waals surface area contributed by atoms with Gasteiger partial charge in [0.1, 0.15) is 5.76 Å². The minimum Gasteiger partial charge on any atom is -0.361 e. The normalized spacial score (nSPS) is 16.8. The maximum absolute atomic E-state index is 5.29. The minimum absolute atomic E-state index is 0.677. The summed E-state index contributed by atoms with van der Waals surface area (Å²) in [5, 5.41) is 4.24. The summed E-state index contributed by atoms with van der Waals surface area (Å²) in [5.41, 5.74) is 2.61.